The maximum Gasteiger partial charge on any atom is 0.0541 e. The Morgan fingerprint density at radius 2 is 0.864 bits per heavy atom. The van der Waals surface area contributed by atoms with Crippen molar-refractivity contribution in [1.29, 1.82) is 0 Å². The zero-order valence-corrected chi connectivity index (χ0v) is 24.1. The average molecular weight is 561 g/mol. The predicted octanol–water partition coefficient (Wildman–Crippen LogP) is 11.2. The Kier molecular flexibility index (Phi) is 6.40. The maximum atomic E-state index is 3.05. The largest absolute Gasteiger partial charge is 0.311 e. The maximum absolute atomic E-state index is 3.05. The third-order valence-corrected chi connectivity index (χ3v) is 8.29. The minimum atomic E-state index is 1.11. The molecule has 0 atom stereocenters. The molecule has 1 heterocycles. The Hall–Kier alpha value is -6.04. The summed E-state index contributed by atoms with van der Waals surface area (Å²) in [6.07, 6.45) is 0. The van der Waals surface area contributed by atoms with Crippen LogP contribution in [0.5, 0.6) is 0 Å². The fourth-order valence-corrected chi connectivity index (χ4v) is 6.16. The smallest absolute Gasteiger partial charge is 0.0541 e. The second-order valence-electron chi connectivity index (χ2n) is 10.9. The monoisotopic (exact) mass is 560 g/mol. The number of benzene rings is 6. The Balaban J connectivity index is 1.12. The van der Waals surface area contributed by atoms with Crippen LogP contribution in [0.3, 0.4) is 0 Å². The number of fused-ring (bicyclic) bond motifs is 3. The van der Waals surface area contributed by atoms with Crippen molar-refractivity contribution in [3.05, 3.63) is 182 Å². The van der Waals surface area contributed by atoms with Crippen LogP contribution < -0.4 is 4.90 Å². The number of nitrogens with zero attached hydrogens (tertiary/aromatic N) is 2. The van der Waals surface area contributed by atoms with E-state index >= 15 is 0 Å². The minimum Gasteiger partial charge on any atom is -0.311 e. The van der Waals surface area contributed by atoms with Gasteiger partial charge >= 0.3 is 0 Å². The molecule has 2 nitrogen and oxygen atoms in total. The molecule has 0 aliphatic rings. The molecule has 0 amide bonds. The van der Waals surface area contributed by atoms with Crippen molar-refractivity contribution in [2.75, 3.05) is 4.90 Å². The molecule has 0 aliphatic heterocycles. The van der Waals surface area contributed by atoms with E-state index in [2.05, 4.69) is 179 Å². The van der Waals surface area contributed by atoms with Crippen molar-refractivity contribution in [3.8, 4) is 27.9 Å². The SMILES string of the molecule is c1ccc(-c2ccc(N(c3ccccc3)c3ccc(-c4ccc(-n5c6ccccc6c6ccccc65)cc4)cc3)cc2)cc#1. The Morgan fingerprint density at radius 1 is 0.386 bits per heavy atom. The molecule has 0 bridgehead atoms. The molecule has 1 aromatic heterocycles. The zero-order valence-electron chi connectivity index (χ0n) is 24.1. The van der Waals surface area contributed by atoms with E-state index < -0.39 is 0 Å². The molecule has 0 fully saturated rings. The van der Waals surface area contributed by atoms with Gasteiger partial charge < -0.3 is 9.47 Å². The molecule has 2 heteroatoms. The van der Waals surface area contributed by atoms with Gasteiger partial charge in [-0.1, -0.05) is 103 Å². The molecule has 0 spiro atoms. The number of anilines is 3. The Morgan fingerprint density at radius 3 is 1.41 bits per heavy atom. The van der Waals surface area contributed by atoms with E-state index in [0.29, 0.717) is 0 Å². The lowest BCUT2D eigenvalue weighted by atomic mass is 10.0. The van der Waals surface area contributed by atoms with Gasteiger partial charge in [0.2, 0.25) is 0 Å². The molecule has 8 rings (SSSR count). The number of aromatic nitrogens is 1. The van der Waals surface area contributed by atoms with Gasteiger partial charge in [0, 0.05) is 33.5 Å². The molecule has 0 aliphatic carbocycles. The molecule has 44 heavy (non-hydrogen) atoms. The van der Waals surface area contributed by atoms with Crippen molar-refractivity contribution in [2.24, 2.45) is 0 Å². The summed E-state index contributed by atoms with van der Waals surface area (Å²) in [5.41, 5.74) is 11.6. The van der Waals surface area contributed by atoms with Crippen LogP contribution in [0.1, 0.15) is 0 Å². The molecule has 0 radical (unpaired) electrons. The first-order valence-electron chi connectivity index (χ1n) is 14.9. The van der Waals surface area contributed by atoms with E-state index in [-0.39, 0.29) is 0 Å². The Bertz CT molecular complexity index is 2120. The van der Waals surface area contributed by atoms with E-state index in [0.717, 1.165) is 33.9 Å². The van der Waals surface area contributed by atoms with Crippen molar-refractivity contribution in [2.45, 2.75) is 0 Å². The second-order valence-corrected chi connectivity index (χ2v) is 10.9. The number of hydrogen-bond acceptors (Lipinski definition) is 1. The van der Waals surface area contributed by atoms with Gasteiger partial charge in [0.15, 0.2) is 0 Å². The summed E-state index contributed by atoms with van der Waals surface area (Å²) >= 11 is 0. The quantitative estimate of drug-likeness (QED) is 0.196. The topological polar surface area (TPSA) is 8.17 Å². The fraction of sp³-hybridized carbons (Fsp3) is 0. The number of rotatable bonds is 6. The highest BCUT2D eigenvalue weighted by molar-refractivity contribution is 6.09. The van der Waals surface area contributed by atoms with E-state index in [1.165, 1.54) is 32.9 Å². The van der Waals surface area contributed by atoms with Crippen molar-refractivity contribution in [1.82, 2.24) is 4.57 Å². The first-order valence-corrected chi connectivity index (χ1v) is 14.9. The van der Waals surface area contributed by atoms with E-state index in [1.54, 1.807) is 0 Å². The lowest BCUT2D eigenvalue weighted by molar-refractivity contribution is 1.18. The highest BCUT2D eigenvalue weighted by Crippen LogP contribution is 2.37. The van der Waals surface area contributed by atoms with Crippen LogP contribution in [-0.2, 0) is 0 Å². The molecule has 0 saturated heterocycles. The van der Waals surface area contributed by atoms with E-state index in [9.17, 15) is 0 Å². The lowest BCUT2D eigenvalue weighted by Gasteiger charge is -2.26. The summed E-state index contributed by atoms with van der Waals surface area (Å²) < 4.78 is 2.36. The second kappa shape index (κ2) is 11.0. The van der Waals surface area contributed by atoms with Gasteiger partial charge in [-0.25, -0.2) is 0 Å². The van der Waals surface area contributed by atoms with Crippen LogP contribution in [0.15, 0.2) is 170 Å². The summed E-state index contributed by atoms with van der Waals surface area (Å²) in [6.45, 7) is 0. The summed E-state index contributed by atoms with van der Waals surface area (Å²) in [7, 11) is 0. The van der Waals surface area contributed by atoms with Crippen LogP contribution in [0.2, 0.25) is 0 Å². The van der Waals surface area contributed by atoms with Crippen molar-refractivity contribution in [3.63, 3.8) is 0 Å². The van der Waals surface area contributed by atoms with Gasteiger partial charge in [0.1, 0.15) is 0 Å². The van der Waals surface area contributed by atoms with Crippen LogP contribution in [0, 0.1) is 12.1 Å². The van der Waals surface area contributed by atoms with Crippen LogP contribution in [0.4, 0.5) is 17.1 Å². The molecule has 0 N–H and O–H groups in total. The van der Waals surface area contributed by atoms with Crippen LogP contribution >= 0.6 is 0 Å². The van der Waals surface area contributed by atoms with Gasteiger partial charge in [-0.3, -0.25) is 0 Å². The number of para-hydroxylation sites is 3. The summed E-state index contributed by atoms with van der Waals surface area (Å²) in [6, 6.07) is 66.2. The normalized spacial score (nSPS) is 11.0. The third kappa shape index (κ3) is 4.58. The van der Waals surface area contributed by atoms with Gasteiger partial charge in [-0.2, -0.15) is 0 Å². The van der Waals surface area contributed by atoms with Crippen LogP contribution in [-0.4, -0.2) is 4.57 Å². The standard InChI is InChI=1S/C42H28N2/c1-3-11-31(12-4-1)32-19-25-36(26-20-32)43(35-13-5-2-6-14-35)37-27-21-33(22-28-37)34-23-29-38(30-24-34)44-41-17-9-7-15-39(41)40-16-8-10-18-42(40)44/h2-3,5-30H. The first-order chi connectivity index (χ1) is 21.8. The summed E-state index contributed by atoms with van der Waals surface area (Å²) in [4.78, 5) is 2.30. The third-order valence-electron chi connectivity index (χ3n) is 8.29. The van der Waals surface area contributed by atoms with Gasteiger partial charge in [0.25, 0.3) is 0 Å². The van der Waals surface area contributed by atoms with Crippen LogP contribution in [0.25, 0.3) is 49.7 Å². The molecular formula is C42H28N2. The molecule has 7 aromatic carbocycles. The highest BCUT2D eigenvalue weighted by atomic mass is 15.1. The minimum absolute atomic E-state index is 1.11. The van der Waals surface area contributed by atoms with E-state index in [4.69, 9.17) is 0 Å². The molecular weight excluding hydrogens is 532 g/mol. The molecule has 0 saturated carbocycles. The Labute approximate surface area is 257 Å². The zero-order chi connectivity index (χ0) is 29.3. The van der Waals surface area contributed by atoms with Gasteiger partial charge in [0.05, 0.1) is 11.0 Å². The summed E-state index contributed by atoms with van der Waals surface area (Å²) in [5.74, 6) is 0. The van der Waals surface area contributed by atoms with Gasteiger partial charge in [-0.15, -0.1) is 0 Å². The van der Waals surface area contributed by atoms with E-state index in [1.807, 2.05) is 12.1 Å². The van der Waals surface area contributed by atoms with Crippen molar-refractivity contribution < 1.29 is 0 Å². The first kappa shape index (κ1) is 25.7. The molecule has 0 unspecified atom stereocenters. The fourth-order valence-electron chi connectivity index (χ4n) is 6.16. The number of hydrogen-bond donors (Lipinski definition) is 0. The summed E-state index contributed by atoms with van der Waals surface area (Å²) in [5, 5.41) is 2.55. The van der Waals surface area contributed by atoms with Crippen molar-refractivity contribution >= 4 is 38.9 Å². The van der Waals surface area contributed by atoms with Gasteiger partial charge in [-0.05, 0) is 101 Å². The highest BCUT2D eigenvalue weighted by Gasteiger charge is 2.14. The molecule has 8 aromatic rings. The lowest BCUT2D eigenvalue weighted by Crippen LogP contribution is -2.09. The molecule has 206 valence electrons. The average Bonchev–Trinajstić information content (AvgIpc) is 3.44. The predicted molar refractivity (Wildman–Crippen MR) is 184 cm³/mol.